The average molecular weight is 229 g/mol. The van der Waals surface area contributed by atoms with E-state index in [9.17, 15) is 13.2 Å². The maximum Gasteiger partial charge on any atom is 0.261 e. The van der Waals surface area contributed by atoms with Gasteiger partial charge in [0.1, 0.15) is 0 Å². The molecule has 2 N–H and O–H groups in total. The third kappa shape index (κ3) is 4.09. The molecular formula is C9H11NO4S. The molecule has 15 heavy (non-hydrogen) atoms. The summed E-state index contributed by atoms with van der Waals surface area (Å²) in [6.45, 7) is 0.458. The Labute approximate surface area is 87.9 Å². The molecule has 1 aliphatic rings. The van der Waals surface area contributed by atoms with E-state index in [4.69, 9.17) is 4.55 Å². The van der Waals surface area contributed by atoms with E-state index in [1.807, 2.05) is 24.3 Å². The zero-order valence-electron chi connectivity index (χ0n) is 8.10. The smallest absolute Gasteiger partial charge is 0.261 e. The first-order valence-corrected chi connectivity index (χ1v) is 6.01. The van der Waals surface area contributed by atoms with Gasteiger partial charge in [-0.05, 0) is 12.1 Å². The molecule has 0 atom stereocenters. The Morgan fingerprint density at radius 1 is 1.33 bits per heavy atom. The van der Waals surface area contributed by atoms with Crippen molar-refractivity contribution < 1.29 is 17.8 Å². The standard InChI is InChI=1S/C8H7NO.CH4O3S/c10-8-5-9-7-4-2-1-3-6(7)8;1-5(2,3)4/h1-4,9H,5H2;1H3,(H,2,3,4). The van der Waals surface area contributed by atoms with E-state index in [0.717, 1.165) is 11.3 Å². The Kier molecular flexibility index (Phi) is 3.43. The highest BCUT2D eigenvalue weighted by molar-refractivity contribution is 7.85. The van der Waals surface area contributed by atoms with Crippen molar-refractivity contribution in [1.29, 1.82) is 0 Å². The fourth-order valence-corrected chi connectivity index (χ4v) is 1.15. The van der Waals surface area contributed by atoms with Gasteiger partial charge in [-0.1, -0.05) is 12.1 Å². The molecule has 1 aromatic rings. The van der Waals surface area contributed by atoms with Gasteiger partial charge in [0.25, 0.3) is 10.1 Å². The second kappa shape index (κ2) is 4.41. The molecule has 0 aromatic heterocycles. The van der Waals surface area contributed by atoms with Gasteiger partial charge in [-0.15, -0.1) is 0 Å². The first kappa shape index (κ1) is 11.7. The molecule has 1 heterocycles. The van der Waals surface area contributed by atoms with Crippen LogP contribution in [-0.2, 0) is 10.1 Å². The normalized spacial score (nSPS) is 13.6. The Balaban J connectivity index is 0.000000195. The number of carbonyl (C=O) groups excluding carboxylic acids is 1. The highest BCUT2D eigenvalue weighted by Crippen LogP contribution is 2.20. The van der Waals surface area contributed by atoms with E-state index in [0.29, 0.717) is 12.8 Å². The van der Waals surface area contributed by atoms with Gasteiger partial charge < -0.3 is 5.32 Å². The molecule has 2 rings (SSSR count). The molecule has 0 spiro atoms. The second-order valence-corrected chi connectivity index (χ2v) is 4.52. The number of Topliss-reactive ketones (excluding diaryl/α,β-unsaturated/α-hetero) is 1. The Hall–Kier alpha value is -1.40. The number of fused-ring (bicyclic) bond motifs is 1. The summed E-state index contributed by atoms with van der Waals surface area (Å²) in [4.78, 5) is 11.0. The van der Waals surface area contributed by atoms with Crippen LogP contribution in [0.25, 0.3) is 0 Å². The van der Waals surface area contributed by atoms with Crippen molar-refractivity contribution in [2.45, 2.75) is 0 Å². The topological polar surface area (TPSA) is 83.5 Å². The fraction of sp³-hybridized carbons (Fsp3) is 0.222. The third-order valence-electron chi connectivity index (χ3n) is 1.67. The summed E-state index contributed by atoms with van der Waals surface area (Å²) >= 11 is 0. The second-order valence-electron chi connectivity index (χ2n) is 3.06. The minimum absolute atomic E-state index is 0.190. The highest BCUT2D eigenvalue weighted by Gasteiger charge is 2.16. The van der Waals surface area contributed by atoms with Crippen molar-refractivity contribution in [3.05, 3.63) is 29.8 Å². The summed E-state index contributed by atoms with van der Waals surface area (Å²) in [6.07, 6.45) is 0.715. The number of hydrogen-bond acceptors (Lipinski definition) is 4. The lowest BCUT2D eigenvalue weighted by Gasteiger charge is -1.92. The summed E-state index contributed by atoms with van der Waals surface area (Å²) < 4.78 is 25.9. The van der Waals surface area contributed by atoms with Crippen molar-refractivity contribution in [2.24, 2.45) is 0 Å². The van der Waals surface area contributed by atoms with Crippen LogP contribution in [-0.4, -0.2) is 31.6 Å². The molecular weight excluding hydrogens is 218 g/mol. The molecule has 0 saturated carbocycles. The Morgan fingerprint density at radius 3 is 2.40 bits per heavy atom. The number of ketones is 1. The first-order chi connectivity index (χ1) is 6.88. The Bertz CT molecular complexity index is 459. The van der Waals surface area contributed by atoms with E-state index in [1.165, 1.54) is 0 Å². The van der Waals surface area contributed by atoms with Crippen LogP contribution in [0.5, 0.6) is 0 Å². The monoisotopic (exact) mass is 229 g/mol. The predicted octanol–water partition coefficient (Wildman–Crippen LogP) is 0.799. The van der Waals surface area contributed by atoms with Gasteiger partial charge in [-0.2, -0.15) is 8.42 Å². The largest absolute Gasteiger partial charge is 0.377 e. The van der Waals surface area contributed by atoms with Gasteiger partial charge >= 0.3 is 0 Å². The number of anilines is 1. The third-order valence-corrected chi connectivity index (χ3v) is 1.67. The van der Waals surface area contributed by atoms with E-state index < -0.39 is 10.1 Å². The van der Waals surface area contributed by atoms with Crippen molar-refractivity contribution in [1.82, 2.24) is 0 Å². The van der Waals surface area contributed by atoms with Gasteiger partial charge in [0, 0.05) is 11.3 Å². The number of para-hydroxylation sites is 1. The van der Waals surface area contributed by atoms with Crippen LogP contribution in [0.15, 0.2) is 24.3 Å². The molecule has 0 saturated heterocycles. The van der Waals surface area contributed by atoms with Crippen LogP contribution in [0.3, 0.4) is 0 Å². The molecule has 1 aliphatic heterocycles. The fourth-order valence-electron chi connectivity index (χ4n) is 1.15. The predicted molar refractivity (Wildman–Crippen MR) is 56.7 cm³/mol. The van der Waals surface area contributed by atoms with Crippen LogP contribution in [0.2, 0.25) is 0 Å². The van der Waals surface area contributed by atoms with Crippen molar-refractivity contribution >= 4 is 21.6 Å². The molecule has 1 aromatic carbocycles. The van der Waals surface area contributed by atoms with Crippen LogP contribution < -0.4 is 5.32 Å². The lowest BCUT2D eigenvalue weighted by molar-refractivity contribution is 0.101. The SMILES string of the molecule is CS(=O)(=O)O.O=C1CNc2ccccc21. The minimum atomic E-state index is -3.67. The van der Waals surface area contributed by atoms with Crippen LogP contribution in [0.1, 0.15) is 10.4 Å². The van der Waals surface area contributed by atoms with Gasteiger partial charge in [0.15, 0.2) is 5.78 Å². The molecule has 5 nitrogen and oxygen atoms in total. The number of nitrogens with one attached hydrogen (secondary N) is 1. The summed E-state index contributed by atoms with van der Waals surface area (Å²) in [5.74, 6) is 0.190. The zero-order valence-corrected chi connectivity index (χ0v) is 8.91. The van der Waals surface area contributed by atoms with Crippen molar-refractivity contribution in [3.63, 3.8) is 0 Å². The molecule has 0 unspecified atom stereocenters. The number of carbonyl (C=O) groups is 1. The highest BCUT2D eigenvalue weighted by atomic mass is 32.2. The van der Waals surface area contributed by atoms with Gasteiger partial charge in [0.05, 0.1) is 12.8 Å². The lowest BCUT2D eigenvalue weighted by Crippen LogP contribution is -2.00. The van der Waals surface area contributed by atoms with Crippen LogP contribution in [0.4, 0.5) is 5.69 Å². The molecule has 0 fully saturated rings. The Morgan fingerprint density at radius 2 is 1.87 bits per heavy atom. The van der Waals surface area contributed by atoms with Gasteiger partial charge in [-0.3, -0.25) is 9.35 Å². The van der Waals surface area contributed by atoms with Crippen molar-refractivity contribution in [3.8, 4) is 0 Å². The maximum atomic E-state index is 11.0. The molecule has 6 heteroatoms. The van der Waals surface area contributed by atoms with E-state index in [2.05, 4.69) is 5.32 Å². The molecule has 0 aliphatic carbocycles. The number of benzene rings is 1. The first-order valence-electron chi connectivity index (χ1n) is 4.16. The van der Waals surface area contributed by atoms with E-state index in [1.54, 1.807) is 0 Å². The zero-order chi connectivity index (χ0) is 11.5. The van der Waals surface area contributed by atoms with Crippen LogP contribution >= 0.6 is 0 Å². The average Bonchev–Trinajstić information content (AvgIpc) is 2.46. The van der Waals surface area contributed by atoms with Gasteiger partial charge in [0.2, 0.25) is 0 Å². The van der Waals surface area contributed by atoms with E-state index in [-0.39, 0.29) is 5.78 Å². The molecule has 0 radical (unpaired) electrons. The molecule has 0 bridgehead atoms. The van der Waals surface area contributed by atoms with Crippen LogP contribution in [0, 0.1) is 0 Å². The summed E-state index contributed by atoms with van der Waals surface area (Å²) in [5, 5.41) is 3.00. The van der Waals surface area contributed by atoms with Gasteiger partial charge in [-0.25, -0.2) is 0 Å². The molecule has 0 amide bonds. The summed E-state index contributed by atoms with van der Waals surface area (Å²) in [5.41, 5.74) is 1.79. The quantitative estimate of drug-likeness (QED) is 0.643. The minimum Gasteiger partial charge on any atom is -0.377 e. The van der Waals surface area contributed by atoms with Crippen molar-refractivity contribution in [2.75, 3.05) is 18.1 Å². The number of hydrogen-bond donors (Lipinski definition) is 2. The summed E-state index contributed by atoms with van der Waals surface area (Å²) in [6, 6.07) is 7.56. The molecule has 82 valence electrons. The lowest BCUT2D eigenvalue weighted by atomic mass is 10.1. The summed E-state index contributed by atoms with van der Waals surface area (Å²) in [7, 11) is -3.67. The number of rotatable bonds is 0. The maximum absolute atomic E-state index is 11.0. The van der Waals surface area contributed by atoms with E-state index >= 15 is 0 Å².